The lowest BCUT2D eigenvalue weighted by Gasteiger charge is -2.28. The number of hydrogen-bond acceptors (Lipinski definition) is 3. The first kappa shape index (κ1) is 23.0. The number of amides is 1. The zero-order valence-corrected chi connectivity index (χ0v) is 20.0. The minimum atomic E-state index is -0.270. The van der Waals surface area contributed by atoms with E-state index in [9.17, 15) is 9.59 Å². The van der Waals surface area contributed by atoms with E-state index in [0.29, 0.717) is 27.4 Å². The predicted molar refractivity (Wildman–Crippen MR) is 140 cm³/mol. The van der Waals surface area contributed by atoms with Gasteiger partial charge in [-0.15, -0.1) is 0 Å². The Morgan fingerprint density at radius 3 is 2.29 bits per heavy atom. The largest absolute Gasteiger partial charge is 0.321 e. The summed E-state index contributed by atoms with van der Waals surface area (Å²) in [5, 5.41) is 3.32. The van der Waals surface area contributed by atoms with E-state index in [0.717, 1.165) is 31.6 Å². The van der Waals surface area contributed by atoms with Gasteiger partial charge in [0, 0.05) is 41.3 Å². The van der Waals surface area contributed by atoms with Crippen molar-refractivity contribution in [2.45, 2.75) is 19.5 Å². The van der Waals surface area contributed by atoms with Crippen LogP contribution in [0.5, 0.6) is 0 Å². The van der Waals surface area contributed by atoms with E-state index in [1.807, 2.05) is 30.3 Å². The highest BCUT2D eigenvalue weighted by Gasteiger charge is 2.18. The Labute approximate surface area is 210 Å². The molecule has 0 aliphatic carbocycles. The maximum absolute atomic E-state index is 13.0. The number of ketones is 1. The van der Waals surface area contributed by atoms with Crippen LogP contribution < -0.4 is 5.32 Å². The molecule has 1 N–H and O–H groups in total. The number of fused-ring (bicyclic) bond motifs is 1. The Kier molecular flexibility index (Phi) is 6.75. The molecule has 0 radical (unpaired) electrons. The summed E-state index contributed by atoms with van der Waals surface area (Å²) in [4.78, 5) is 28.4. The van der Waals surface area contributed by atoms with Crippen molar-refractivity contribution in [3.8, 4) is 0 Å². The first-order valence-corrected chi connectivity index (χ1v) is 12.0. The Morgan fingerprint density at radius 1 is 0.800 bits per heavy atom. The molecule has 4 aromatic carbocycles. The summed E-state index contributed by atoms with van der Waals surface area (Å²) in [5.74, 6) is -0.463. The van der Waals surface area contributed by atoms with Gasteiger partial charge in [0.25, 0.3) is 5.91 Å². The molecule has 1 aliphatic rings. The molecule has 0 aromatic heterocycles. The van der Waals surface area contributed by atoms with Crippen molar-refractivity contribution in [1.29, 1.82) is 0 Å². The van der Waals surface area contributed by atoms with Crippen molar-refractivity contribution in [3.05, 3.63) is 135 Å². The molecule has 5 heteroatoms. The molecule has 4 aromatic rings. The average Bonchev–Trinajstić information content (AvgIpc) is 2.90. The van der Waals surface area contributed by atoms with Crippen LogP contribution in [0.3, 0.4) is 0 Å². The van der Waals surface area contributed by atoms with E-state index in [1.165, 1.54) is 11.1 Å². The monoisotopic (exact) mass is 480 g/mol. The zero-order chi connectivity index (χ0) is 24.2. The third kappa shape index (κ3) is 5.35. The fourth-order valence-electron chi connectivity index (χ4n) is 4.46. The third-order valence-corrected chi connectivity index (χ3v) is 6.58. The highest BCUT2D eigenvalue weighted by atomic mass is 35.5. The van der Waals surface area contributed by atoms with Crippen LogP contribution in [0, 0.1) is 0 Å². The van der Waals surface area contributed by atoms with Gasteiger partial charge in [-0.05, 0) is 53.4 Å². The van der Waals surface area contributed by atoms with Crippen molar-refractivity contribution < 1.29 is 9.59 Å². The summed E-state index contributed by atoms with van der Waals surface area (Å²) >= 11 is 6.16. The van der Waals surface area contributed by atoms with Gasteiger partial charge < -0.3 is 5.32 Å². The number of carbonyl (C=O) groups is 2. The molecule has 5 rings (SSSR count). The second-order valence-electron chi connectivity index (χ2n) is 8.77. The minimum Gasteiger partial charge on any atom is -0.321 e. The second kappa shape index (κ2) is 10.3. The lowest BCUT2D eigenvalue weighted by Crippen LogP contribution is -2.29. The minimum absolute atomic E-state index is 0.193. The lowest BCUT2D eigenvalue weighted by molar-refractivity contribution is 0.102. The highest BCUT2D eigenvalue weighted by Crippen LogP contribution is 2.25. The van der Waals surface area contributed by atoms with Crippen molar-refractivity contribution in [3.63, 3.8) is 0 Å². The number of nitrogens with zero attached hydrogens (tertiary/aromatic N) is 1. The molecule has 0 unspecified atom stereocenters. The Bertz CT molecular complexity index is 1370. The van der Waals surface area contributed by atoms with Crippen LogP contribution in [0.15, 0.2) is 97.1 Å². The number of carbonyl (C=O) groups excluding carboxylic acids is 2. The Morgan fingerprint density at radius 2 is 1.51 bits per heavy atom. The molecule has 0 atom stereocenters. The average molecular weight is 481 g/mol. The van der Waals surface area contributed by atoms with Crippen molar-refractivity contribution >= 4 is 29.0 Å². The van der Waals surface area contributed by atoms with Crippen LogP contribution in [0.1, 0.15) is 43.0 Å². The fourth-order valence-corrected chi connectivity index (χ4v) is 4.63. The quantitative estimate of drug-likeness (QED) is 0.326. The number of hydrogen-bond donors (Lipinski definition) is 1. The topological polar surface area (TPSA) is 49.4 Å². The van der Waals surface area contributed by atoms with Gasteiger partial charge >= 0.3 is 0 Å². The van der Waals surface area contributed by atoms with Gasteiger partial charge in [0.2, 0.25) is 0 Å². The molecule has 0 saturated carbocycles. The molecule has 1 aliphatic heterocycles. The van der Waals surface area contributed by atoms with E-state index in [1.54, 1.807) is 42.5 Å². The number of rotatable bonds is 6. The van der Waals surface area contributed by atoms with Gasteiger partial charge in [0.05, 0.1) is 5.69 Å². The molecule has 1 amide bonds. The van der Waals surface area contributed by atoms with Gasteiger partial charge in [-0.25, -0.2) is 0 Å². The van der Waals surface area contributed by atoms with Crippen molar-refractivity contribution in [2.75, 3.05) is 11.9 Å². The van der Waals surface area contributed by atoms with Crippen LogP contribution in [0.25, 0.3) is 0 Å². The maximum atomic E-state index is 13.0. The molecule has 35 heavy (non-hydrogen) atoms. The van der Waals surface area contributed by atoms with E-state index in [-0.39, 0.29) is 11.7 Å². The zero-order valence-electron chi connectivity index (χ0n) is 19.2. The fraction of sp³-hybridized carbons (Fsp3) is 0.133. The number of benzene rings is 4. The van der Waals surface area contributed by atoms with Crippen molar-refractivity contribution in [2.24, 2.45) is 0 Å². The summed E-state index contributed by atoms with van der Waals surface area (Å²) in [6.45, 7) is 2.80. The molecule has 0 bridgehead atoms. The summed E-state index contributed by atoms with van der Waals surface area (Å²) in [6.07, 6.45) is 1.06. The van der Waals surface area contributed by atoms with E-state index >= 15 is 0 Å². The highest BCUT2D eigenvalue weighted by molar-refractivity contribution is 6.31. The molecular weight excluding hydrogens is 456 g/mol. The molecule has 0 saturated heterocycles. The van der Waals surface area contributed by atoms with E-state index in [2.05, 4.69) is 34.5 Å². The van der Waals surface area contributed by atoms with Gasteiger partial charge in [0.15, 0.2) is 5.78 Å². The lowest BCUT2D eigenvalue weighted by atomic mass is 9.99. The predicted octanol–water partition coefficient (Wildman–Crippen LogP) is 6.38. The maximum Gasteiger partial charge on any atom is 0.255 e. The molecule has 174 valence electrons. The normalized spacial score (nSPS) is 13.2. The van der Waals surface area contributed by atoms with Crippen molar-refractivity contribution in [1.82, 2.24) is 4.90 Å². The summed E-state index contributed by atoms with van der Waals surface area (Å²) < 4.78 is 0. The summed E-state index contributed by atoms with van der Waals surface area (Å²) in [6, 6.07) is 30.1. The Hall–Kier alpha value is -3.73. The van der Waals surface area contributed by atoms with E-state index in [4.69, 9.17) is 11.6 Å². The van der Waals surface area contributed by atoms with Gasteiger partial charge in [0.1, 0.15) is 0 Å². The standard InChI is InChI=1S/C30H25ClN2O2/c31-26-14-15-28(27(18-26)29(34)23-7-2-1-3-8-23)32-30(35)24-12-10-21(11-13-24)19-33-17-16-22-6-4-5-9-25(22)20-33/h1-15,18H,16-17,19-20H2,(H,32,35). The molecule has 0 spiro atoms. The number of anilines is 1. The van der Waals surface area contributed by atoms with Gasteiger partial charge in [-0.3, -0.25) is 14.5 Å². The molecular formula is C30H25ClN2O2. The third-order valence-electron chi connectivity index (χ3n) is 6.34. The SMILES string of the molecule is O=C(Nc1ccc(Cl)cc1C(=O)c1ccccc1)c1ccc(CN2CCc3ccccc3C2)cc1. The number of nitrogens with one attached hydrogen (secondary N) is 1. The first-order chi connectivity index (χ1) is 17.1. The van der Waals surface area contributed by atoms with E-state index < -0.39 is 0 Å². The van der Waals surface area contributed by atoms with Crippen LogP contribution >= 0.6 is 11.6 Å². The van der Waals surface area contributed by atoms with Gasteiger partial charge in [-0.1, -0.05) is 78.3 Å². The summed E-state index contributed by atoms with van der Waals surface area (Å²) in [7, 11) is 0. The van der Waals surface area contributed by atoms with Crippen LogP contribution in [-0.2, 0) is 19.5 Å². The van der Waals surface area contributed by atoms with Crippen LogP contribution in [-0.4, -0.2) is 23.1 Å². The second-order valence-corrected chi connectivity index (χ2v) is 9.20. The molecule has 4 nitrogen and oxygen atoms in total. The van der Waals surface area contributed by atoms with Crippen LogP contribution in [0.2, 0.25) is 5.02 Å². The first-order valence-electron chi connectivity index (χ1n) is 11.7. The Balaban J connectivity index is 1.28. The van der Waals surface area contributed by atoms with Gasteiger partial charge in [-0.2, -0.15) is 0 Å². The summed E-state index contributed by atoms with van der Waals surface area (Å²) in [5.41, 5.74) is 5.85. The molecule has 0 fully saturated rings. The number of halogens is 1. The molecule has 1 heterocycles. The smallest absolute Gasteiger partial charge is 0.255 e. The van der Waals surface area contributed by atoms with Crippen LogP contribution in [0.4, 0.5) is 5.69 Å².